The van der Waals surface area contributed by atoms with Crippen LogP contribution in [0.15, 0.2) is 0 Å². The number of hydrogen-bond donors (Lipinski definition) is 2. The molecule has 1 unspecified atom stereocenters. The highest BCUT2D eigenvalue weighted by molar-refractivity contribution is 5.86. The molecule has 0 aromatic heterocycles. The molecule has 0 heterocycles. The molecule has 10 heavy (non-hydrogen) atoms. The number of carboxylic acid groups (broad SMARTS) is 1. The highest BCUT2D eigenvalue weighted by Gasteiger charge is 2.12. The van der Waals surface area contributed by atoms with Gasteiger partial charge in [-0.05, 0) is 13.3 Å². The Morgan fingerprint density at radius 3 is 2.50 bits per heavy atom. The molecule has 0 radical (unpaired) electrons. The molecule has 0 aromatic carbocycles. The van der Waals surface area contributed by atoms with E-state index in [2.05, 4.69) is 5.92 Å². The van der Waals surface area contributed by atoms with Crippen molar-refractivity contribution < 1.29 is 15.0 Å². The van der Waals surface area contributed by atoms with Gasteiger partial charge < -0.3 is 10.2 Å². The Balaban J connectivity index is 4.15. The van der Waals surface area contributed by atoms with Crippen LogP contribution in [0.3, 0.4) is 0 Å². The number of carbonyl (C=O) groups is 1. The number of rotatable bonds is 1. The molecule has 3 heteroatoms. The number of hydrogen-bond acceptors (Lipinski definition) is 2. The highest BCUT2D eigenvalue weighted by Crippen LogP contribution is 2.04. The minimum Gasteiger partial charge on any atom is -0.472 e. The molecule has 0 aliphatic carbocycles. The molecular formula is C7H10O3. The van der Waals surface area contributed by atoms with Crippen molar-refractivity contribution in [2.75, 3.05) is 0 Å². The summed E-state index contributed by atoms with van der Waals surface area (Å²) >= 11 is 0. The molecule has 0 amide bonds. The van der Waals surface area contributed by atoms with Crippen LogP contribution in [0.1, 0.15) is 20.3 Å². The average molecular weight is 142 g/mol. The van der Waals surface area contributed by atoms with E-state index in [4.69, 9.17) is 10.2 Å². The second-order valence-corrected chi connectivity index (χ2v) is 2.18. The van der Waals surface area contributed by atoms with E-state index < -0.39 is 11.6 Å². The minimum atomic E-state index is -1.21. The van der Waals surface area contributed by atoms with Crippen LogP contribution in [0.25, 0.3) is 0 Å². The topological polar surface area (TPSA) is 57.5 Å². The zero-order chi connectivity index (χ0) is 8.20. The lowest BCUT2D eigenvalue weighted by atomic mass is 10.1. The molecule has 3 nitrogen and oxygen atoms in total. The van der Waals surface area contributed by atoms with E-state index in [9.17, 15) is 4.79 Å². The van der Waals surface area contributed by atoms with Crippen LogP contribution in [0.2, 0.25) is 0 Å². The van der Waals surface area contributed by atoms with Gasteiger partial charge in [-0.2, -0.15) is 0 Å². The maximum atomic E-state index is 9.88. The SMILES string of the molecule is CCC(C)(O)C#CC(=O)O. The van der Waals surface area contributed by atoms with E-state index in [1.807, 2.05) is 5.92 Å². The monoisotopic (exact) mass is 142 g/mol. The number of aliphatic hydroxyl groups is 1. The van der Waals surface area contributed by atoms with Gasteiger partial charge in [-0.3, -0.25) is 0 Å². The van der Waals surface area contributed by atoms with Crippen molar-refractivity contribution in [1.82, 2.24) is 0 Å². The molecule has 0 saturated heterocycles. The Bertz CT molecular complexity index is 183. The van der Waals surface area contributed by atoms with E-state index in [-0.39, 0.29) is 0 Å². The predicted octanol–water partition coefficient (Wildman–Crippen LogP) is 0.235. The first-order valence-electron chi connectivity index (χ1n) is 2.96. The lowest BCUT2D eigenvalue weighted by Crippen LogP contribution is -2.19. The number of carboxylic acids is 1. The van der Waals surface area contributed by atoms with Crippen LogP contribution in [-0.2, 0) is 4.79 Å². The summed E-state index contributed by atoms with van der Waals surface area (Å²) in [6.07, 6.45) is 0.424. The Labute approximate surface area is 59.7 Å². The van der Waals surface area contributed by atoms with Crippen LogP contribution in [0.4, 0.5) is 0 Å². The van der Waals surface area contributed by atoms with Crippen LogP contribution >= 0.6 is 0 Å². The summed E-state index contributed by atoms with van der Waals surface area (Å²) in [6, 6.07) is 0. The molecule has 0 rings (SSSR count). The van der Waals surface area contributed by atoms with Crippen LogP contribution in [0, 0.1) is 11.8 Å². The van der Waals surface area contributed by atoms with Gasteiger partial charge in [0.05, 0.1) is 0 Å². The van der Waals surface area contributed by atoms with Gasteiger partial charge in [0.2, 0.25) is 0 Å². The fourth-order valence-corrected chi connectivity index (χ4v) is 0.276. The first kappa shape index (κ1) is 8.99. The van der Waals surface area contributed by atoms with Gasteiger partial charge in [0.25, 0.3) is 0 Å². The van der Waals surface area contributed by atoms with E-state index in [0.29, 0.717) is 6.42 Å². The summed E-state index contributed by atoms with van der Waals surface area (Å²) in [5.74, 6) is 2.85. The maximum Gasteiger partial charge on any atom is 0.382 e. The molecule has 0 spiro atoms. The zero-order valence-electron chi connectivity index (χ0n) is 6.01. The van der Waals surface area contributed by atoms with Crippen molar-refractivity contribution in [3.63, 3.8) is 0 Å². The largest absolute Gasteiger partial charge is 0.472 e. The van der Waals surface area contributed by atoms with Gasteiger partial charge in [-0.1, -0.05) is 12.8 Å². The van der Waals surface area contributed by atoms with Gasteiger partial charge in [-0.15, -0.1) is 0 Å². The van der Waals surface area contributed by atoms with E-state index in [1.54, 1.807) is 6.92 Å². The Hall–Kier alpha value is -1.01. The van der Waals surface area contributed by atoms with Crippen molar-refractivity contribution in [2.45, 2.75) is 25.9 Å². The fourth-order valence-electron chi connectivity index (χ4n) is 0.276. The van der Waals surface area contributed by atoms with E-state index >= 15 is 0 Å². The summed E-state index contributed by atoms with van der Waals surface area (Å²) in [5, 5.41) is 17.2. The average Bonchev–Trinajstić information content (AvgIpc) is 1.85. The van der Waals surface area contributed by atoms with Crippen molar-refractivity contribution >= 4 is 5.97 Å². The second-order valence-electron chi connectivity index (χ2n) is 2.18. The third kappa shape index (κ3) is 3.93. The Morgan fingerprint density at radius 1 is 1.70 bits per heavy atom. The van der Waals surface area contributed by atoms with Gasteiger partial charge in [0.15, 0.2) is 0 Å². The van der Waals surface area contributed by atoms with Crippen molar-refractivity contribution in [1.29, 1.82) is 0 Å². The maximum absolute atomic E-state index is 9.88. The highest BCUT2D eigenvalue weighted by atomic mass is 16.4. The first-order valence-corrected chi connectivity index (χ1v) is 2.96. The second kappa shape index (κ2) is 3.23. The van der Waals surface area contributed by atoms with Gasteiger partial charge >= 0.3 is 5.97 Å². The van der Waals surface area contributed by atoms with Crippen LogP contribution in [-0.4, -0.2) is 21.8 Å². The van der Waals surface area contributed by atoms with E-state index in [0.717, 1.165) is 0 Å². The minimum absolute atomic E-state index is 0.424. The van der Waals surface area contributed by atoms with Gasteiger partial charge in [0.1, 0.15) is 5.60 Å². The lowest BCUT2D eigenvalue weighted by Gasteiger charge is -2.11. The number of aliphatic carboxylic acids is 1. The third-order valence-corrected chi connectivity index (χ3v) is 1.13. The Morgan fingerprint density at radius 2 is 2.20 bits per heavy atom. The van der Waals surface area contributed by atoms with Crippen LogP contribution < -0.4 is 0 Å². The molecule has 0 aliphatic heterocycles. The molecule has 2 N–H and O–H groups in total. The molecule has 0 aliphatic rings. The zero-order valence-corrected chi connectivity index (χ0v) is 6.01. The molecule has 56 valence electrons. The first-order chi connectivity index (χ1) is 4.48. The smallest absolute Gasteiger partial charge is 0.382 e. The van der Waals surface area contributed by atoms with Crippen molar-refractivity contribution in [3.8, 4) is 11.8 Å². The fraction of sp³-hybridized carbons (Fsp3) is 0.571. The normalized spacial score (nSPS) is 14.7. The van der Waals surface area contributed by atoms with Crippen molar-refractivity contribution in [3.05, 3.63) is 0 Å². The Kier molecular flexibility index (Phi) is 2.91. The summed E-state index contributed by atoms with van der Waals surface area (Å²) in [6.45, 7) is 3.21. The van der Waals surface area contributed by atoms with E-state index in [1.165, 1.54) is 6.92 Å². The standard InChI is InChI=1S/C7H10O3/c1-3-7(2,10)5-4-6(8)9/h10H,3H2,1-2H3,(H,8,9). The predicted molar refractivity (Wildman–Crippen MR) is 36.3 cm³/mol. The molecular weight excluding hydrogens is 132 g/mol. The third-order valence-electron chi connectivity index (χ3n) is 1.13. The molecule has 1 atom stereocenters. The van der Waals surface area contributed by atoms with Crippen molar-refractivity contribution in [2.24, 2.45) is 0 Å². The summed E-state index contributed by atoms with van der Waals surface area (Å²) in [7, 11) is 0. The lowest BCUT2D eigenvalue weighted by molar-refractivity contribution is -0.130. The molecule has 0 saturated carbocycles. The summed E-state index contributed by atoms with van der Waals surface area (Å²) in [5.41, 5.74) is -1.17. The molecule has 0 aromatic rings. The van der Waals surface area contributed by atoms with Gasteiger partial charge in [-0.25, -0.2) is 4.79 Å². The van der Waals surface area contributed by atoms with Gasteiger partial charge in [0, 0.05) is 5.92 Å². The summed E-state index contributed by atoms with van der Waals surface area (Å²) in [4.78, 5) is 9.88. The summed E-state index contributed by atoms with van der Waals surface area (Å²) < 4.78 is 0. The molecule has 0 fully saturated rings. The van der Waals surface area contributed by atoms with Crippen LogP contribution in [0.5, 0.6) is 0 Å². The molecule has 0 bridgehead atoms. The quantitative estimate of drug-likeness (QED) is 0.515.